The molecule has 0 spiro atoms. The first kappa shape index (κ1) is 19.0. The number of hydrogen-bond acceptors (Lipinski definition) is 4. The Kier molecular flexibility index (Phi) is 5.37. The molecule has 1 aliphatic carbocycles. The molecule has 0 atom stereocenters. The molecule has 6 nitrogen and oxygen atoms in total. The van der Waals surface area contributed by atoms with Crippen LogP contribution in [0.4, 0.5) is 0 Å². The van der Waals surface area contributed by atoms with Gasteiger partial charge in [-0.25, -0.2) is 4.79 Å². The van der Waals surface area contributed by atoms with Gasteiger partial charge in [0.15, 0.2) is 0 Å². The van der Waals surface area contributed by atoms with Gasteiger partial charge >= 0.3 is 5.69 Å². The average molecular weight is 418 g/mol. The number of carbonyl (C=O) groups excluding carboxylic acids is 1. The van der Waals surface area contributed by atoms with Crippen LogP contribution in [0.5, 0.6) is 0 Å². The molecule has 1 aromatic carbocycles. The lowest BCUT2D eigenvalue weighted by atomic mass is 10.2. The molecule has 2 heterocycles. The van der Waals surface area contributed by atoms with Crippen molar-refractivity contribution in [2.24, 2.45) is 0 Å². The van der Waals surface area contributed by atoms with Crippen molar-refractivity contribution in [1.82, 2.24) is 14.5 Å². The molecular formula is C20H20ClN3O3S. The number of nitrogens with zero attached hydrogens (tertiary/aromatic N) is 2. The number of aromatic nitrogens is 2. The van der Waals surface area contributed by atoms with E-state index < -0.39 is 5.69 Å². The van der Waals surface area contributed by atoms with E-state index in [1.807, 2.05) is 6.07 Å². The van der Waals surface area contributed by atoms with Gasteiger partial charge < -0.3 is 5.32 Å². The van der Waals surface area contributed by atoms with Crippen molar-refractivity contribution in [2.75, 3.05) is 0 Å². The molecule has 1 amide bonds. The maximum atomic E-state index is 13.1. The topological polar surface area (TPSA) is 73.1 Å². The quantitative estimate of drug-likeness (QED) is 0.693. The molecule has 8 heteroatoms. The standard InChI is InChI=1S/C20H20ClN3O3S/c21-15-8-4-1-5-13(15)11-24-19(26)18-16(9-10-28-18)23(20(24)27)12-17(25)22-14-6-2-3-7-14/h1,4-5,8-10,14H,2-3,6-7,11-12H2,(H,22,25). The molecular weight excluding hydrogens is 398 g/mol. The Bertz CT molecular complexity index is 1140. The number of hydrogen-bond donors (Lipinski definition) is 1. The van der Waals surface area contributed by atoms with Crippen molar-refractivity contribution < 1.29 is 4.79 Å². The number of rotatable bonds is 5. The third-order valence-corrected chi connectivity index (χ3v) is 6.41. The third kappa shape index (κ3) is 3.64. The number of fused-ring (bicyclic) bond motifs is 1. The first-order valence-electron chi connectivity index (χ1n) is 9.28. The highest BCUT2D eigenvalue weighted by Crippen LogP contribution is 2.19. The van der Waals surface area contributed by atoms with Crippen molar-refractivity contribution in [3.63, 3.8) is 0 Å². The lowest BCUT2D eigenvalue weighted by Gasteiger charge is -2.15. The summed E-state index contributed by atoms with van der Waals surface area (Å²) in [7, 11) is 0. The van der Waals surface area contributed by atoms with Crippen LogP contribution in [-0.2, 0) is 17.9 Å². The fraction of sp³-hybridized carbons (Fsp3) is 0.350. The van der Waals surface area contributed by atoms with Gasteiger partial charge in [-0.1, -0.05) is 42.6 Å². The first-order valence-corrected chi connectivity index (χ1v) is 10.5. The van der Waals surface area contributed by atoms with Crippen LogP contribution in [0.2, 0.25) is 5.02 Å². The minimum Gasteiger partial charge on any atom is -0.352 e. The van der Waals surface area contributed by atoms with Crippen molar-refractivity contribution in [1.29, 1.82) is 0 Å². The van der Waals surface area contributed by atoms with E-state index in [1.165, 1.54) is 15.9 Å². The minimum absolute atomic E-state index is 0.0649. The van der Waals surface area contributed by atoms with Gasteiger partial charge in [0.25, 0.3) is 5.56 Å². The largest absolute Gasteiger partial charge is 0.352 e. The van der Waals surface area contributed by atoms with Crippen LogP contribution in [0.1, 0.15) is 31.2 Å². The summed E-state index contributed by atoms with van der Waals surface area (Å²) in [6.07, 6.45) is 4.17. The zero-order chi connectivity index (χ0) is 19.7. The van der Waals surface area contributed by atoms with Crippen LogP contribution in [0, 0.1) is 0 Å². The summed E-state index contributed by atoms with van der Waals surface area (Å²) in [4.78, 5) is 38.5. The van der Waals surface area contributed by atoms with Crippen molar-refractivity contribution in [3.8, 4) is 0 Å². The SMILES string of the molecule is O=C(Cn1c(=O)n(Cc2ccccc2Cl)c(=O)c2sccc21)NC1CCCC1. The van der Waals surface area contributed by atoms with Crippen molar-refractivity contribution >= 4 is 39.1 Å². The molecule has 4 rings (SSSR count). The summed E-state index contributed by atoms with van der Waals surface area (Å²) in [5, 5.41) is 5.25. The second-order valence-electron chi connectivity index (χ2n) is 7.04. The van der Waals surface area contributed by atoms with E-state index in [9.17, 15) is 14.4 Å². The van der Waals surface area contributed by atoms with Gasteiger partial charge in [-0.3, -0.25) is 18.7 Å². The van der Waals surface area contributed by atoms with E-state index in [4.69, 9.17) is 11.6 Å². The third-order valence-electron chi connectivity index (χ3n) is 5.14. The van der Waals surface area contributed by atoms with E-state index in [0.29, 0.717) is 20.8 Å². The van der Waals surface area contributed by atoms with Gasteiger partial charge in [-0.2, -0.15) is 0 Å². The zero-order valence-corrected chi connectivity index (χ0v) is 16.8. The van der Waals surface area contributed by atoms with Crippen LogP contribution in [0.15, 0.2) is 45.3 Å². The molecule has 0 aliphatic heterocycles. The number of thiophene rings is 1. The molecule has 0 bridgehead atoms. The number of benzene rings is 1. The number of nitrogens with one attached hydrogen (secondary N) is 1. The fourth-order valence-corrected chi connectivity index (χ4v) is 4.75. The van der Waals surface area contributed by atoms with E-state index in [0.717, 1.165) is 30.3 Å². The fourth-order valence-electron chi connectivity index (χ4n) is 3.71. The normalized spacial score (nSPS) is 14.6. The smallest absolute Gasteiger partial charge is 0.332 e. The second-order valence-corrected chi connectivity index (χ2v) is 8.36. The van der Waals surface area contributed by atoms with Crippen LogP contribution in [0.3, 0.4) is 0 Å². The second kappa shape index (κ2) is 7.93. The molecule has 28 heavy (non-hydrogen) atoms. The Labute approximate surface area is 170 Å². The summed E-state index contributed by atoms with van der Waals surface area (Å²) in [6, 6.07) is 9.00. The minimum atomic E-state index is -0.502. The Morgan fingerprint density at radius 1 is 1.14 bits per heavy atom. The summed E-state index contributed by atoms with van der Waals surface area (Å²) in [5.74, 6) is -0.204. The van der Waals surface area contributed by atoms with E-state index in [2.05, 4.69) is 5.32 Å². The summed E-state index contributed by atoms with van der Waals surface area (Å²) in [6.45, 7) is -0.0409. The monoisotopic (exact) mass is 417 g/mol. The Morgan fingerprint density at radius 2 is 1.89 bits per heavy atom. The molecule has 0 unspecified atom stereocenters. The molecule has 0 radical (unpaired) electrons. The van der Waals surface area contributed by atoms with Crippen LogP contribution in [-0.4, -0.2) is 21.1 Å². The van der Waals surface area contributed by atoms with Gasteiger partial charge in [-0.15, -0.1) is 11.3 Å². The Hall–Kier alpha value is -2.38. The van der Waals surface area contributed by atoms with Crippen LogP contribution >= 0.6 is 22.9 Å². The Balaban J connectivity index is 1.72. The van der Waals surface area contributed by atoms with E-state index >= 15 is 0 Å². The molecule has 146 valence electrons. The van der Waals surface area contributed by atoms with Gasteiger partial charge in [0.1, 0.15) is 11.2 Å². The lowest BCUT2D eigenvalue weighted by Crippen LogP contribution is -2.43. The summed E-state index contributed by atoms with van der Waals surface area (Å²) >= 11 is 7.48. The molecule has 1 fully saturated rings. The summed E-state index contributed by atoms with van der Waals surface area (Å²) in [5.41, 5.74) is 0.318. The van der Waals surface area contributed by atoms with E-state index in [-0.39, 0.29) is 30.6 Å². The molecule has 2 aromatic heterocycles. The van der Waals surface area contributed by atoms with Gasteiger partial charge in [0.05, 0.1) is 12.1 Å². The highest BCUT2D eigenvalue weighted by atomic mass is 35.5. The average Bonchev–Trinajstić information content (AvgIpc) is 3.35. The highest BCUT2D eigenvalue weighted by Gasteiger charge is 2.20. The zero-order valence-electron chi connectivity index (χ0n) is 15.2. The predicted octanol–water partition coefficient (Wildman–Crippen LogP) is 2.99. The van der Waals surface area contributed by atoms with Gasteiger partial charge in [-0.05, 0) is 35.9 Å². The molecule has 1 N–H and O–H groups in total. The number of amides is 1. The Morgan fingerprint density at radius 3 is 2.64 bits per heavy atom. The highest BCUT2D eigenvalue weighted by molar-refractivity contribution is 7.17. The molecule has 1 saturated carbocycles. The van der Waals surface area contributed by atoms with Gasteiger partial charge in [0.2, 0.25) is 5.91 Å². The first-order chi connectivity index (χ1) is 13.5. The maximum Gasteiger partial charge on any atom is 0.332 e. The van der Waals surface area contributed by atoms with Gasteiger partial charge in [0, 0.05) is 11.1 Å². The predicted molar refractivity (Wildman–Crippen MR) is 111 cm³/mol. The number of halogens is 1. The van der Waals surface area contributed by atoms with Crippen LogP contribution in [0.25, 0.3) is 10.2 Å². The van der Waals surface area contributed by atoms with Crippen molar-refractivity contribution in [3.05, 3.63) is 67.1 Å². The summed E-state index contributed by atoms with van der Waals surface area (Å²) < 4.78 is 3.00. The van der Waals surface area contributed by atoms with E-state index in [1.54, 1.807) is 29.6 Å². The molecule has 0 saturated heterocycles. The number of carbonyl (C=O) groups is 1. The molecule has 3 aromatic rings. The lowest BCUT2D eigenvalue weighted by molar-refractivity contribution is -0.122. The van der Waals surface area contributed by atoms with Crippen molar-refractivity contribution in [2.45, 2.75) is 44.8 Å². The molecule has 1 aliphatic rings. The van der Waals surface area contributed by atoms with Crippen LogP contribution < -0.4 is 16.6 Å². The maximum absolute atomic E-state index is 13.1.